The Bertz CT molecular complexity index is 356. The number of hydrogen-bond acceptors (Lipinski definition) is 3. The molecule has 0 aliphatic carbocycles. The molecule has 0 aliphatic rings. The van der Waals surface area contributed by atoms with E-state index in [1.807, 2.05) is 16.9 Å². The zero-order valence-corrected chi connectivity index (χ0v) is 11.7. The third kappa shape index (κ3) is 4.61. The largest absolute Gasteiger partial charge is 0.385 e. The van der Waals surface area contributed by atoms with Gasteiger partial charge in [0.25, 0.3) is 0 Å². The molecule has 4 nitrogen and oxygen atoms in total. The summed E-state index contributed by atoms with van der Waals surface area (Å²) in [5, 5.41) is 4.49. The van der Waals surface area contributed by atoms with Crippen molar-refractivity contribution in [1.29, 1.82) is 0 Å². The van der Waals surface area contributed by atoms with Gasteiger partial charge in [-0.05, 0) is 25.3 Å². The van der Waals surface area contributed by atoms with Gasteiger partial charge >= 0.3 is 0 Å². The average Bonchev–Trinajstić information content (AvgIpc) is 2.79. The first kappa shape index (κ1) is 14.9. The Kier molecular flexibility index (Phi) is 6.65. The van der Waals surface area contributed by atoms with E-state index in [0.29, 0.717) is 25.5 Å². The van der Waals surface area contributed by atoms with Crippen molar-refractivity contribution in [3.05, 3.63) is 18.0 Å². The molecule has 1 heterocycles. The van der Waals surface area contributed by atoms with E-state index in [0.717, 1.165) is 25.0 Å². The molecule has 1 aromatic heterocycles. The highest BCUT2D eigenvalue weighted by Crippen LogP contribution is 2.14. The second-order valence-corrected chi connectivity index (χ2v) is 4.57. The Morgan fingerprint density at radius 3 is 2.78 bits per heavy atom. The molecular formula is C14H24N2O2. The maximum Gasteiger partial charge on any atom is 0.139 e. The lowest BCUT2D eigenvalue weighted by Crippen LogP contribution is -2.09. The number of methoxy groups -OCH3 is 1. The van der Waals surface area contributed by atoms with Gasteiger partial charge in [0.2, 0.25) is 0 Å². The van der Waals surface area contributed by atoms with Crippen molar-refractivity contribution in [3.8, 4) is 0 Å². The molecule has 1 aromatic rings. The van der Waals surface area contributed by atoms with Gasteiger partial charge in [-0.1, -0.05) is 13.8 Å². The van der Waals surface area contributed by atoms with Crippen molar-refractivity contribution >= 4 is 5.78 Å². The van der Waals surface area contributed by atoms with Crippen LogP contribution in [0.3, 0.4) is 0 Å². The van der Waals surface area contributed by atoms with Crippen molar-refractivity contribution in [2.75, 3.05) is 13.7 Å². The fourth-order valence-electron chi connectivity index (χ4n) is 2.04. The van der Waals surface area contributed by atoms with Gasteiger partial charge in [0, 0.05) is 26.3 Å². The minimum atomic E-state index is 0.238. The number of nitrogens with zero attached hydrogens (tertiary/aromatic N) is 2. The van der Waals surface area contributed by atoms with E-state index in [1.54, 1.807) is 7.11 Å². The van der Waals surface area contributed by atoms with Crippen LogP contribution in [0.2, 0.25) is 0 Å². The molecule has 4 heteroatoms. The number of ether oxygens (including phenoxy) is 1. The van der Waals surface area contributed by atoms with Gasteiger partial charge in [-0.15, -0.1) is 0 Å². The zero-order chi connectivity index (χ0) is 13.4. The first-order valence-corrected chi connectivity index (χ1v) is 6.75. The molecule has 102 valence electrons. The molecule has 0 aromatic carbocycles. The summed E-state index contributed by atoms with van der Waals surface area (Å²) in [5.74, 6) is 0.238. The van der Waals surface area contributed by atoms with Crippen LogP contribution >= 0.6 is 0 Å². The predicted octanol–water partition coefficient (Wildman–Crippen LogP) is 2.78. The second-order valence-electron chi connectivity index (χ2n) is 4.57. The second kappa shape index (κ2) is 8.03. The number of hydrogen-bond donors (Lipinski definition) is 0. The Balaban J connectivity index is 2.45. The van der Waals surface area contributed by atoms with E-state index in [1.165, 1.54) is 0 Å². The molecule has 0 bridgehead atoms. The Morgan fingerprint density at radius 1 is 1.44 bits per heavy atom. The number of carbonyl (C=O) groups is 1. The van der Waals surface area contributed by atoms with E-state index in [4.69, 9.17) is 4.74 Å². The quantitative estimate of drug-likeness (QED) is 0.635. The predicted molar refractivity (Wildman–Crippen MR) is 71.7 cm³/mol. The molecule has 0 saturated heterocycles. The molecule has 18 heavy (non-hydrogen) atoms. The number of ketones is 1. The van der Waals surface area contributed by atoms with Crippen LogP contribution in [-0.2, 0) is 16.0 Å². The first-order valence-electron chi connectivity index (χ1n) is 6.75. The highest BCUT2D eigenvalue weighted by Gasteiger charge is 2.10. The van der Waals surface area contributed by atoms with Crippen LogP contribution in [0.4, 0.5) is 0 Å². The summed E-state index contributed by atoms with van der Waals surface area (Å²) in [6.07, 6.45) is 5.93. The first-order chi connectivity index (χ1) is 8.71. The SMILES string of the molecule is CCC(CC)n1ccc(CC(=O)CCCOC)n1. The minimum Gasteiger partial charge on any atom is -0.385 e. The topological polar surface area (TPSA) is 44.1 Å². The molecule has 1 rings (SSSR count). The molecule has 0 N–H and O–H groups in total. The number of rotatable bonds is 9. The summed E-state index contributed by atoms with van der Waals surface area (Å²) >= 11 is 0. The molecule has 0 spiro atoms. The fourth-order valence-corrected chi connectivity index (χ4v) is 2.04. The van der Waals surface area contributed by atoms with Crippen LogP contribution in [0.15, 0.2) is 12.3 Å². The molecule has 0 fully saturated rings. The van der Waals surface area contributed by atoms with E-state index >= 15 is 0 Å². The molecule has 0 amide bonds. The fraction of sp³-hybridized carbons (Fsp3) is 0.714. The van der Waals surface area contributed by atoms with Gasteiger partial charge < -0.3 is 4.74 Å². The van der Waals surface area contributed by atoms with Gasteiger partial charge in [-0.3, -0.25) is 9.48 Å². The normalized spacial score (nSPS) is 11.1. The summed E-state index contributed by atoms with van der Waals surface area (Å²) in [5.41, 5.74) is 0.879. The lowest BCUT2D eigenvalue weighted by Gasteiger charge is -2.12. The molecule has 0 atom stereocenters. The van der Waals surface area contributed by atoms with Crippen molar-refractivity contribution in [3.63, 3.8) is 0 Å². The molecule has 0 saturated carbocycles. The molecule has 0 aliphatic heterocycles. The maximum atomic E-state index is 11.7. The lowest BCUT2D eigenvalue weighted by atomic mass is 10.1. The smallest absolute Gasteiger partial charge is 0.139 e. The van der Waals surface area contributed by atoms with Crippen molar-refractivity contribution in [1.82, 2.24) is 9.78 Å². The van der Waals surface area contributed by atoms with E-state index in [-0.39, 0.29) is 5.78 Å². The van der Waals surface area contributed by atoms with Crippen LogP contribution in [0.25, 0.3) is 0 Å². The number of Topliss-reactive ketones (excluding diaryl/α,β-unsaturated/α-hetero) is 1. The molecule has 0 radical (unpaired) electrons. The third-order valence-electron chi connectivity index (χ3n) is 3.16. The van der Waals surface area contributed by atoms with E-state index in [2.05, 4.69) is 18.9 Å². The summed E-state index contributed by atoms with van der Waals surface area (Å²) < 4.78 is 6.92. The van der Waals surface area contributed by atoms with Crippen molar-refractivity contribution in [2.45, 2.75) is 52.0 Å². The van der Waals surface area contributed by atoms with Crippen LogP contribution in [0.1, 0.15) is 51.3 Å². The highest BCUT2D eigenvalue weighted by molar-refractivity contribution is 5.80. The Hall–Kier alpha value is -1.16. The number of carbonyl (C=O) groups excluding carboxylic acids is 1. The van der Waals surface area contributed by atoms with Crippen LogP contribution in [0, 0.1) is 0 Å². The van der Waals surface area contributed by atoms with Gasteiger partial charge in [0.05, 0.1) is 18.2 Å². The number of aromatic nitrogens is 2. The van der Waals surface area contributed by atoms with Crippen molar-refractivity contribution in [2.24, 2.45) is 0 Å². The summed E-state index contributed by atoms with van der Waals surface area (Å²) in [6.45, 7) is 4.96. The van der Waals surface area contributed by atoms with Crippen molar-refractivity contribution < 1.29 is 9.53 Å². The monoisotopic (exact) mass is 252 g/mol. The lowest BCUT2D eigenvalue weighted by molar-refractivity contribution is -0.118. The molecule has 0 unspecified atom stereocenters. The van der Waals surface area contributed by atoms with Gasteiger partial charge in [-0.2, -0.15) is 5.10 Å². The third-order valence-corrected chi connectivity index (χ3v) is 3.16. The Labute approximate surface area is 109 Å². The maximum absolute atomic E-state index is 11.7. The van der Waals surface area contributed by atoms with E-state index < -0.39 is 0 Å². The Morgan fingerprint density at radius 2 is 2.17 bits per heavy atom. The van der Waals surface area contributed by atoms with Gasteiger partial charge in [-0.25, -0.2) is 0 Å². The average molecular weight is 252 g/mol. The van der Waals surface area contributed by atoms with Crippen LogP contribution in [-0.4, -0.2) is 29.3 Å². The van der Waals surface area contributed by atoms with Gasteiger partial charge in [0.15, 0.2) is 0 Å². The van der Waals surface area contributed by atoms with Crippen LogP contribution < -0.4 is 0 Å². The summed E-state index contributed by atoms with van der Waals surface area (Å²) in [7, 11) is 1.65. The summed E-state index contributed by atoms with van der Waals surface area (Å²) in [4.78, 5) is 11.7. The standard InChI is InChI=1S/C14H24N2O2/c1-4-13(5-2)16-9-8-12(15-16)11-14(17)7-6-10-18-3/h8-9,13H,4-7,10-11H2,1-3H3. The highest BCUT2D eigenvalue weighted by atomic mass is 16.5. The van der Waals surface area contributed by atoms with E-state index in [9.17, 15) is 4.79 Å². The zero-order valence-electron chi connectivity index (χ0n) is 11.7. The van der Waals surface area contributed by atoms with Crippen LogP contribution in [0.5, 0.6) is 0 Å². The van der Waals surface area contributed by atoms with Gasteiger partial charge in [0.1, 0.15) is 5.78 Å². The molecular weight excluding hydrogens is 228 g/mol. The summed E-state index contributed by atoms with van der Waals surface area (Å²) in [6, 6.07) is 2.40. The minimum absolute atomic E-state index is 0.238.